The highest BCUT2D eigenvalue weighted by Crippen LogP contribution is 2.31. The predicted octanol–water partition coefficient (Wildman–Crippen LogP) is 3.81. The Morgan fingerprint density at radius 1 is 1.00 bits per heavy atom. The minimum Gasteiger partial charge on any atom is -0.493 e. The third-order valence-corrected chi connectivity index (χ3v) is 3.98. The van der Waals surface area contributed by atoms with Crippen molar-refractivity contribution < 1.29 is 14.2 Å². The molecule has 0 aliphatic rings. The molecule has 0 saturated heterocycles. The SMILES string of the molecule is COc1ccc(NC(N)=NCCOc2ccccc2C(C)(C)C)cc1OC. The highest BCUT2D eigenvalue weighted by atomic mass is 16.5. The lowest BCUT2D eigenvalue weighted by Gasteiger charge is -2.22. The molecule has 0 amide bonds. The summed E-state index contributed by atoms with van der Waals surface area (Å²) in [4.78, 5) is 4.31. The van der Waals surface area contributed by atoms with Crippen LogP contribution in [0.2, 0.25) is 0 Å². The third kappa shape index (κ3) is 5.81. The van der Waals surface area contributed by atoms with Crippen LogP contribution in [0.1, 0.15) is 26.3 Å². The third-order valence-electron chi connectivity index (χ3n) is 3.98. The lowest BCUT2D eigenvalue weighted by Crippen LogP contribution is -2.23. The Labute approximate surface area is 161 Å². The standard InChI is InChI=1S/C21H29N3O3/c1-21(2,3)16-8-6-7-9-17(16)27-13-12-23-20(22)24-15-10-11-18(25-4)19(14-15)26-5/h6-11,14H,12-13H2,1-5H3,(H3,22,23,24). The van der Waals surface area contributed by atoms with E-state index in [1.807, 2.05) is 24.3 Å². The summed E-state index contributed by atoms with van der Waals surface area (Å²) in [6.45, 7) is 7.39. The molecule has 0 saturated carbocycles. The summed E-state index contributed by atoms with van der Waals surface area (Å²) in [6, 6.07) is 13.5. The van der Waals surface area contributed by atoms with Crippen molar-refractivity contribution in [1.29, 1.82) is 0 Å². The fourth-order valence-electron chi connectivity index (χ4n) is 2.64. The molecule has 0 heterocycles. The van der Waals surface area contributed by atoms with Crippen LogP contribution in [0.3, 0.4) is 0 Å². The zero-order valence-electron chi connectivity index (χ0n) is 16.7. The van der Waals surface area contributed by atoms with Crippen LogP contribution in [-0.4, -0.2) is 33.3 Å². The maximum Gasteiger partial charge on any atom is 0.193 e. The summed E-state index contributed by atoms with van der Waals surface area (Å²) in [5, 5.41) is 3.04. The van der Waals surface area contributed by atoms with Crippen molar-refractivity contribution in [2.24, 2.45) is 10.7 Å². The average Bonchev–Trinajstić information content (AvgIpc) is 2.64. The summed E-state index contributed by atoms with van der Waals surface area (Å²) in [7, 11) is 3.18. The zero-order valence-corrected chi connectivity index (χ0v) is 16.7. The number of aliphatic imine (C=N–C) groups is 1. The molecule has 0 bridgehead atoms. The second-order valence-corrected chi connectivity index (χ2v) is 7.06. The van der Waals surface area contributed by atoms with Gasteiger partial charge in [-0.15, -0.1) is 0 Å². The van der Waals surface area contributed by atoms with Crippen LogP contribution < -0.4 is 25.3 Å². The molecule has 0 unspecified atom stereocenters. The van der Waals surface area contributed by atoms with Crippen LogP contribution in [0.15, 0.2) is 47.5 Å². The molecule has 0 aromatic heterocycles. The van der Waals surface area contributed by atoms with E-state index >= 15 is 0 Å². The fraction of sp³-hybridized carbons (Fsp3) is 0.381. The molecular formula is C21H29N3O3. The average molecular weight is 371 g/mol. The van der Waals surface area contributed by atoms with Gasteiger partial charge in [0.15, 0.2) is 17.5 Å². The molecule has 0 aliphatic heterocycles. The van der Waals surface area contributed by atoms with Crippen molar-refractivity contribution in [3.8, 4) is 17.2 Å². The first kappa shape index (κ1) is 20.4. The van der Waals surface area contributed by atoms with Crippen molar-refractivity contribution in [3.63, 3.8) is 0 Å². The normalized spacial score (nSPS) is 11.8. The Bertz CT molecular complexity index is 782. The van der Waals surface area contributed by atoms with Crippen LogP contribution in [0.25, 0.3) is 0 Å². The van der Waals surface area contributed by atoms with Crippen molar-refractivity contribution in [2.45, 2.75) is 26.2 Å². The van der Waals surface area contributed by atoms with Gasteiger partial charge in [0, 0.05) is 11.8 Å². The Balaban J connectivity index is 1.92. The molecule has 0 spiro atoms. The van der Waals surface area contributed by atoms with Gasteiger partial charge in [-0.25, -0.2) is 4.99 Å². The van der Waals surface area contributed by atoms with E-state index < -0.39 is 0 Å². The predicted molar refractivity (Wildman–Crippen MR) is 110 cm³/mol. The molecule has 0 radical (unpaired) electrons. The fourth-order valence-corrected chi connectivity index (χ4v) is 2.64. The van der Waals surface area contributed by atoms with Crippen LogP contribution in [-0.2, 0) is 5.41 Å². The first-order valence-electron chi connectivity index (χ1n) is 8.86. The number of nitrogens with two attached hydrogens (primary N) is 1. The Morgan fingerprint density at radius 3 is 2.37 bits per heavy atom. The molecule has 6 nitrogen and oxygen atoms in total. The molecule has 2 aromatic carbocycles. The molecule has 0 fully saturated rings. The number of guanidine groups is 1. The molecule has 0 atom stereocenters. The summed E-state index contributed by atoms with van der Waals surface area (Å²) >= 11 is 0. The molecule has 0 aliphatic carbocycles. The van der Waals surface area contributed by atoms with E-state index in [9.17, 15) is 0 Å². The van der Waals surface area contributed by atoms with Crippen LogP contribution >= 0.6 is 0 Å². The highest BCUT2D eigenvalue weighted by molar-refractivity contribution is 5.92. The van der Waals surface area contributed by atoms with Gasteiger partial charge in [-0.2, -0.15) is 0 Å². The molecule has 27 heavy (non-hydrogen) atoms. The monoisotopic (exact) mass is 371 g/mol. The summed E-state index contributed by atoms with van der Waals surface area (Å²) < 4.78 is 16.4. The van der Waals surface area contributed by atoms with E-state index in [2.05, 4.69) is 37.1 Å². The quantitative estimate of drug-likeness (QED) is 0.440. The first-order chi connectivity index (χ1) is 12.8. The second kappa shape index (κ2) is 9.16. The number of nitrogens with zero attached hydrogens (tertiary/aromatic N) is 1. The number of nitrogens with one attached hydrogen (secondary N) is 1. The summed E-state index contributed by atoms with van der Waals surface area (Å²) in [5.41, 5.74) is 7.92. The van der Waals surface area contributed by atoms with E-state index in [-0.39, 0.29) is 5.41 Å². The number of ether oxygens (including phenoxy) is 3. The molecule has 2 rings (SSSR count). The topological polar surface area (TPSA) is 78.1 Å². The second-order valence-electron chi connectivity index (χ2n) is 7.06. The maximum atomic E-state index is 5.96. The molecule has 146 valence electrons. The van der Waals surface area contributed by atoms with Gasteiger partial charge in [0.2, 0.25) is 0 Å². The van der Waals surface area contributed by atoms with Crippen LogP contribution in [0.4, 0.5) is 5.69 Å². The Morgan fingerprint density at radius 2 is 1.70 bits per heavy atom. The maximum absolute atomic E-state index is 5.96. The van der Waals surface area contributed by atoms with Gasteiger partial charge in [0.05, 0.1) is 20.8 Å². The number of anilines is 1. The number of rotatable bonds is 7. The largest absolute Gasteiger partial charge is 0.493 e. The van der Waals surface area contributed by atoms with Gasteiger partial charge in [0.1, 0.15) is 12.4 Å². The number of para-hydroxylation sites is 1. The van der Waals surface area contributed by atoms with Crippen molar-refractivity contribution >= 4 is 11.6 Å². The van der Waals surface area contributed by atoms with Gasteiger partial charge in [-0.1, -0.05) is 39.0 Å². The van der Waals surface area contributed by atoms with E-state index in [1.54, 1.807) is 26.4 Å². The summed E-state index contributed by atoms with van der Waals surface area (Å²) in [5.74, 6) is 2.48. The van der Waals surface area contributed by atoms with E-state index in [0.29, 0.717) is 30.6 Å². The lowest BCUT2D eigenvalue weighted by atomic mass is 9.86. The molecule has 2 aromatic rings. The molecule has 3 N–H and O–H groups in total. The molecular weight excluding hydrogens is 342 g/mol. The van der Waals surface area contributed by atoms with Crippen molar-refractivity contribution in [1.82, 2.24) is 0 Å². The van der Waals surface area contributed by atoms with E-state index in [0.717, 1.165) is 11.4 Å². The number of hydrogen-bond donors (Lipinski definition) is 2. The van der Waals surface area contributed by atoms with Crippen LogP contribution in [0.5, 0.6) is 17.2 Å². The van der Waals surface area contributed by atoms with Gasteiger partial charge < -0.3 is 25.3 Å². The smallest absolute Gasteiger partial charge is 0.193 e. The minimum absolute atomic E-state index is 0.0217. The van der Waals surface area contributed by atoms with Crippen LogP contribution in [0, 0.1) is 0 Å². The summed E-state index contributed by atoms with van der Waals surface area (Å²) in [6.07, 6.45) is 0. The number of benzene rings is 2. The Hall–Kier alpha value is -2.89. The Kier molecular flexibility index (Phi) is 6.93. The lowest BCUT2D eigenvalue weighted by molar-refractivity contribution is 0.319. The zero-order chi connectivity index (χ0) is 19.9. The van der Waals surface area contributed by atoms with Gasteiger partial charge in [0.25, 0.3) is 0 Å². The van der Waals surface area contributed by atoms with Gasteiger partial charge >= 0.3 is 0 Å². The number of methoxy groups -OCH3 is 2. The molecule has 6 heteroatoms. The van der Waals surface area contributed by atoms with Gasteiger partial charge in [-0.3, -0.25) is 0 Å². The number of hydrogen-bond acceptors (Lipinski definition) is 4. The van der Waals surface area contributed by atoms with E-state index in [1.165, 1.54) is 5.56 Å². The highest BCUT2D eigenvalue weighted by Gasteiger charge is 2.18. The van der Waals surface area contributed by atoms with Crippen molar-refractivity contribution in [2.75, 3.05) is 32.7 Å². The van der Waals surface area contributed by atoms with E-state index in [4.69, 9.17) is 19.9 Å². The first-order valence-corrected chi connectivity index (χ1v) is 8.86. The van der Waals surface area contributed by atoms with Gasteiger partial charge in [-0.05, 0) is 29.2 Å². The minimum atomic E-state index is 0.0217. The van der Waals surface area contributed by atoms with Crippen molar-refractivity contribution in [3.05, 3.63) is 48.0 Å².